The molecule has 1 aliphatic rings. The number of carbonyl (C=O) groups excluding carboxylic acids is 1. The summed E-state index contributed by atoms with van der Waals surface area (Å²) in [5, 5.41) is 1.14. The zero-order valence-corrected chi connectivity index (χ0v) is 7.17. The van der Waals surface area contributed by atoms with Gasteiger partial charge in [0, 0.05) is 17.7 Å². The van der Waals surface area contributed by atoms with Gasteiger partial charge in [-0.15, -0.1) is 0 Å². The van der Waals surface area contributed by atoms with Crippen molar-refractivity contribution in [1.29, 1.82) is 0 Å². The fourth-order valence-electron chi connectivity index (χ4n) is 1.06. The minimum atomic E-state index is -3.05. The molecule has 5 nitrogen and oxygen atoms in total. The first-order chi connectivity index (χ1) is 5.53. The van der Waals surface area contributed by atoms with Crippen LogP contribution in [0.2, 0.25) is 0 Å². The molecule has 6 heteroatoms. The van der Waals surface area contributed by atoms with Gasteiger partial charge in [0.1, 0.15) is 0 Å². The first kappa shape index (κ1) is 9.21. The molecule has 0 saturated carbocycles. The third-order valence-corrected chi connectivity index (χ3v) is 3.08. The van der Waals surface area contributed by atoms with Gasteiger partial charge < -0.3 is 0 Å². The molecule has 1 rings (SSSR count). The van der Waals surface area contributed by atoms with Crippen LogP contribution in [0.4, 0.5) is 0 Å². The number of carbonyl (C=O) groups is 1. The maximum Gasteiger partial charge on any atom is 0.234 e. The average Bonchev–Trinajstić information content (AvgIpc) is 2.30. The number of nitrogens with two attached hydrogens (primary N) is 1. The van der Waals surface area contributed by atoms with Crippen molar-refractivity contribution in [3.05, 3.63) is 11.5 Å². The molecule has 0 aliphatic carbocycles. The number of hydrogen-bond acceptors (Lipinski definition) is 4. The lowest BCUT2D eigenvalue weighted by Gasteiger charge is -2.03. The molecule has 0 spiro atoms. The number of hydrazine groups is 1. The number of hydrogen-bond donors (Lipinski definition) is 2. The van der Waals surface area contributed by atoms with E-state index >= 15 is 0 Å². The van der Waals surface area contributed by atoms with Crippen molar-refractivity contribution in [2.75, 3.05) is 5.75 Å². The van der Waals surface area contributed by atoms with Crippen molar-refractivity contribution in [2.24, 2.45) is 11.8 Å². The van der Waals surface area contributed by atoms with Crippen molar-refractivity contribution in [3.63, 3.8) is 0 Å². The van der Waals surface area contributed by atoms with Gasteiger partial charge >= 0.3 is 0 Å². The van der Waals surface area contributed by atoms with Crippen molar-refractivity contribution in [3.8, 4) is 0 Å². The Morgan fingerprint density at radius 1 is 1.67 bits per heavy atom. The molecule has 1 aliphatic heterocycles. The second-order valence-corrected chi connectivity index (χ2v) is 4.62. The normalized spacial score (nSPS) is 25.6. The minimum absolute atomic E-state index is 0.0143. The quantitative estimate of drug-likeness (QED) is 0.329. The summed E-state index contributed by atoms with van der Waals surface area (Å²) >= 11 is 0. The summed E-state index contributed by atoms with van der Waals surface area (Å²) in [5.41, 5.74) is 1.95. The zero-order chi connectivity index (χ0) is 9.19. The maximum absolute atomic E-state index is 10.9. The molecule has 12 heavy (non-hydrogen) atoms. The number of rotatable bonds is 2. The van der Waals surface area contributed by atoms with E-state index in [1.54, 1.807) is 0 Å². The van der Waals surface area contributed by atoms with Crippen molar-refractivity contribution < 1.29 is 13.2 Å². The highest BCUT2D eigenvalue weighted by atomic mass is 32.2. The fourth-order valence-corrected chi connectivity index (χ4v) is 2.46. The second-order valence-electron chi connectivity index (χ2n) is 2.69. The Hall–Kier alpha value is -0.880. The molecular formula is C6H10N2O3S. The SMILES string of the molecule is NNC(=O)CC1C=CS(=O)(=O)C1. The Kier molecular flexibility index (Phi) is 2.49. The van der Waals surface area contributed by atoms with E-state index in [1.807, 2.05) is 5.43 Å². The van der Waals surface area contributed by atoms with E-state index in [0.29, 0.717) is 0 Å². The molecule has 0 aromatic heterocycles. The first-order valence-corrected chi connectivity index (χ1v) is 5.15. The average molecular weight is 190 g/mol. The van der Waals surface area contributed by atoms with E-state index in [0.717, 1.165) is 5.41 Å². The maximum atomic E-state index is 10.9. The van der Waals surface area contributed by atoms with Crippen LogP contribution in [0, 0.1) is 5.92 Å². The molecule has 0 fully saturated rings. The Balaban J connectivity index is 2.51. The highest BCUT2D eigenvalue weighted by Gasteiger charge is 2.23. The van der Waals surface area contributed by atoms with Gasteiger partial charge in [0.2, 0.25) is 5.91 Å². The summed E-state index contributed by atoms with van der Waals surface area (Å²) in [5.74, 6) is 4.29. The smallest absolute Gasteiger partial charge is 0.234 e. The third kappa shape index (κ3) is 2.31. The van der Waals surface area contributed by atoms with Crippen LogP contribution in [0.5, 0.6) is 0 Å². The van der Waals surface area contributed by atoms with E-state index in [4.69, 9.17) is 5.84 Å². The third-order valence-electron chi connectivity index (χ3n) is 1.61. The predicted octanol–water partition coefficient (Wildman–Crippen LogP) is -1.08. The van der Waals surface area contributed by atoms with Crippen molar-refractivity contribution in [2.45, 2.75) is 6.42 Å². The summed E-state index contributed by atoms with van der Waals surface area (Å²) in [7, 11) is -3.05. The van der Waals surface area contributed by atoms with Crippen LogP contribution in [0.1, 0.15) is 6.42 Å². The summed E-state index contributed by atoms with van der Waals surface area (Å²) in [6.07, 6.45) is 1.65. The van der Waals surface area contributed by atoms with Gasteiger partial charge in [0.15, 0.2) is 9.84 Å². The van der Waals surface area contributed by atoms with E-state index in [-0.39, 0.29) is 24.0 Å². The van der Waals surface area contributed by atoms with Crippen LogP contribution >= 0.6 is 0 Å². The topological polar surface area (TPSA) is 89.3 Å². The van der Waals surface area contributed by atoms with E-state index < -0.39 is 9.84 Å². The standard InChI is InChI=1S/C6H10N2O3S/c7-8-6(9)3-5-1-2-12(10,11)4-5/h1-2,5H,3-4,7H2,(H,8,9). The molecule has 0 bridgehead atoms. The summed E-state index contributed by atoms with van der Waals surface area (Å²) in [6, 6.07) is 0. The zero-order valence-electron chi connectivity index (χ0n) is 6.36. The summed E-state index contributed by atoms with van der Waals surface area (Å²) in [4.78, 5) is 10.7. The van der Waals surface area contributed by atoms with Gasteiger partial charge in [-0.3, -0.25) is 10.2 Å². The number of sulfone groups is 1. The largest absolute Gasteiger partial charge is 0.294 e. The Labute approximate surface area is 70.5 Å². The molecule has 1 atom stereocenters. The molecule has 68 valence electrons. The van der Waals surface area contributed by atoms with Crippen LogP contribution in [0.25, 0.3) is 0 Å². The molecule has 1 amide bonds. The van der Waals surface area contributed by atoms with Crippen LogP contribution < -0.4 is 11.3 Å². The fraction of sp³-hybridized carbons (Fsp3) is 0.500. The van der Waals surface area contributed by atoms with Crippen molar-refractivity contribution >= 4 is 15.7 Å². The lowest BCUT2D eigenvalue weighted by atomic mass is 10.1. The van der Waals surface area contributed by atoms with Gasteiger partial charge in [0.05, 0.1) is 5.75 Å². The highest BCUT2D eigenvalue weighted by Crippen LogP contribution is 2.17. The predicted molar refractivity (Wildman–Crippen MR) is 43.4 cm³/mol. The van der Waals surface area contributed by atoms with Crippen LogP contribution in [-0.2, 0) is 14.6 Å². The Morgan fingerprint density at radius 3 is 2.75 bits per heavy atom. The number of nitrogens with one attached hydrogen (secondary N) is 1. The molecule has 3 N–H and O–H groups in total. The van der Waals surface area contributed by atoms with Gasteiger partial charge in [-0.25, -0.2) is 14.3 Å². The lowest BCUT2D eigenvalue weighted by Crippen LogP contribution is -2.31. The monoisotopic (exact) mass is 190 g/mol. The molecule has 0 saturated heterocycles. The van der Waals surface area contributed by atoms with Crippen molar-refractivity contribution in [1.82, 2.24) is 5.43 Å². The molecule has 1 unspecified atom stereocenters. The summed E-state index contributed by atoms with van der Waals surface area (Å²) in [6.45, 7) is 0. The number of allylic oxidation sites excluding steroid dienone is 1. The van der Waals surface area contributed by atoms with Crippen LogP contribution in [-0.4, -0.2) is 20.1 Å². The second kappa shape index (κ2) is 3.24. The van der Waals surface area contributed by atoms with Gasteiger partial charge in [0.25, 0.3) is 0 Å². The minimum Gasteiger partial charge on any atom is -0.294 e. The molecule has 1 heterocycles. The van der Waals surface area contributed by atoms with E-state index in [1.165, 1.54) is 6.08 Å². The molecular weight excluding hydrogens is 180 g/mol. The lowest BCUT2D eigenvalue weighted by molar-refractivity contribution is -0.121. The van der Waals surface area contributed by atoms with Gasteiger partial charge in [-0.2, -0.15) is 0 Å². The van der Waals surface area contributed by atoms with Crippen LogP contribution in [0.3, 0.4) is 0 Å². The first-order valence-electron chi connectivity index (χ1n) is 3.44. The van der Waals surface area contributed by atoms with Gasteiger partial charge in [-0.1, -0.05) is 6.08 Å². The Bertz CT molecular complexity index is 307. The molecule has 0 radical (unpaired) electrons. The summed E-state index contributed by atoms with van der Waals surface area (Å²) < 4.78 is 21.7. The highest BCUT2D eigenvalue weighted by molar-refractivity contribution is 7.94. The Morgan fingerprint density at radius 2 is 2.33 bits per heavy atom. The molecule has 0 aromatic rings. The van der Waals surface area contributed by atoms with Crippen LogP contribution in [0.15, 0.2) is 11.5 Å². The van der Waals surface area contributed by atoms with E-state index in [9.17, 15) is 13.2 Å². The number of amides is 1. The van der Waals surface area contributed by atoms with Gasteiger partial charge in [-0.05, 0) is 0 Å². The van der Waals surface area contributed by atoms with E-state index in [2.05, 4.69) is 0 Å². The molecule has 0 aromatic carbocycles.